The fraction of sp³-hybridized carbons (Fsp3) is 0.233. The molecule has 0 aliphatic heterocycles. The molecule has 4 aromatic rings. The number of rotatable bonds is 7. The van der Waals surface area contributed by atoms with Crippen LogP contribution in [0, 0.1) is 11.8 Å². The number of benzene rings is 3. The summed E-state index contributed by atoms with van der Waals surface area (Å²) in [6, 6.07) is 23.3. The quantitative estimate of drug-likeness (QED) is 0.267. The normalized spacial score (nSPS) is 17.3. The zero-order valence-electron chi connectivity index (χ0n) is 20.2. The van der Waals surface area contributed by atoms with Crippen LogP contribution in [0.1, 0.15) is 41.6 Å². The minimum absolute atomic E-state index is 0.101. The molecule has 2 atom stereocenters. The minimum Gasteiger partial charge on any atom is -0.481 e. The summed E-state index contributed by atoms with van der Waals surface area (Å²) in [6.45, 7) is 0.101. The zero-order valence-corrected chi connectivity index (χ0v) is 21.0. The number of ether oxygens (including phenoxy) is 1. The van der Waals surface area contributed by atoms with Gasteiger partial charge in [-0.3, -0.25) is 9.59 Å². The average molecular weight is 514 g/mol. The third-order valence-electron chi connectivity index (χ3n) is 6.93. The number of carboxylic acids is 1. The maximum absolute atomic E-state index is 13.4. The Labute approximate surface area is 218 Å². The van der Waals surface area contributed by atoms with Gasteiger partial charge in [0.25, 0.3) is 0 Å². The molecular weight excluding hydrogens is 486 g/mol. The first-order chi connectivity index (χ1) is 18.0. The summed E-state index contributed by atoms with van der Waals surface area (Å²) in [5.74, 6) is -3.21. The molecular formula is C30H27NO5S. The van der Waals surface area contributed by atoms with Crippen LogP contribution in [-0.4, -0.2) is 23.0 Å². The molecule has 2 unspecified atom stereocenters. The number of nitrogens with one attached hydrogen (secondary N) is 1. The van der Waals surface area contributed by atoms with Crippen molar-refractivity contribution in [2.45, 2.75) is 32.3 Å². The van der Waals surface area contributed by atoms with E-state index in [4.69, 9.17) is 4.74 Å². The molecule has 0 spiro atoms. The van der Waals surface area contributed by atoms with Crippen LogP contribution in [0.15, 0.2) is 78.2 Å². The van der Waals surface area contributed by atoms with E-state index in [9.17, 15) is 19.5 Å². The maximum Gasteiger partial charge on any atom is 0.342 e. The summed E-state index contributed by atoms with van der Waals surface area (Å²) in [6.07, 6.45) is 2.59. The number of carbonyl (C=O) groups is 3. The van der Waals surface area contributed by atoms with Crippen molar-refractivity contribution in [3.8, 4) is 11.1 Å². The van der Waals surface area contributed by atoms with E-state index < -0.39 is 23.8 Å². The van der Waals surface area contributed by atoms with Crippen molar-refractivity contribution in [1.29, 1.82) is 0 Å². The molecule has 188 valence electrons. The lowest BCUT2D eigenvalue weighted by Crippen LogP contribution is -2.36. The molecule has 1 saturated carbocycles. The van der Waals surface area contributed by atoms with Gasteiger partial charge in [-0.15, -0.1) is 11.3 Å². The molecule has 1 amide bonds. The zero-order chi connectivity index (χ0) is 25.8. The third-order valence-corrected chi connectivity index (χ3v) is 7.82. The SMILES string of the molecule is O=C(OCc1ccccc1)c1c(-c2ccc3ccccc3c2)csc1NC(=O)C1CCCCC1C(=O)O. The number of hydrogen-bond acceptors (Lipinski definition) is 5. The summed E-state index contributed by atoms with van der Waals surface area (Å²) in [5.41, 5.74) is 2.65. The molecule has 1 fully saturated rings. The number of esters is 1. The highest BCUT2D eigenvalue weighted by molar-refractivity contribution is 7.15. The highest BCUT2D eigenvalue weighted by Gasteiger charge is 2.36. The molecule has 2 N–H and O–H groups in total. The predicted molar refractivity (Wildman–Crippen MR) is 145 cm³/mol. The Bertz CT molecular complexity index is 1440. The second-order valence-corrected chi connectivity index (χ2v) is 10.2. The highest BCUT2D eigenvalue weighted by Crippen LogP contribution is 2.39. The number of hydrogen-bond donors (Lipinski definition) is 2. The van der Waals surface area contributed by atoms with Gasteiger partial charge in [0.05, 0.1) is 11.8 Å². The highest BCUT2D eigenvalue weighted by atomic mass is 32.1. The molecule has 3 aromatic carbocycles. The van der Waals surface area contributed by atoms with Gasteiger partial charge in [-0.25, -0.2) is 4.79 Å². The van der Waals surface area contributed by atoms with E-state index >= 15 is 0 Å². The van der Waals surface area contributed by atoms with Crippen molar-refractivity contribution in [2.75, 3.05) is 5.32 Å². The van der Waals surface area contributed by atoms with Crippen LogP contribution in [0.4, 0.5) is 5.00 Å². The van der Waals surface area contributed by atoms with Gasteiger partial charge in [-0.2, -0.15) is 0 Å². The standard InChI is InChI=1S/C30H27NO5S/c32-27(23-12-6-7-13-24(23)29(33)34)31-28-26(30(35)36-17-19-8-2-1-3-9-19)25(18-37-28)22-15-14-20-10-4-5-11-21(20)16-22/h1-5,8-11,14-16,18,23-24H,6-7,12-13,17H2,(H,31,32)(H,33,34). The van der Waals surface area contributed by atoms with Crippen molar-refractivity contribution in [3.05, 3.63) is 89.3 Å². The molecule has 6 nitrogen and oxygen atoms in total. The number of anilines is 1. The number of carboxylic acid groups (broad SMARTS) is 1. The van der Waals surface area contributed by atoms with E-state index in [-0.39, 0.29) is 18.1 Å². The lowest BCUT2D eigenvalue weighted by atomic mass is 9.79. The van der Waals surface area contributed by atoms with Crippen LogP contribution in [0.3, 0.4) is 0 Å². The number of aliphatic carboxylic acids is 1. The topological polar surface area (TPSA) is 92.7 Å². The van der Waals surface area contributed by atoms with E-state index in [0.717, 1.165) is 34.7 Å². The summed E-state index contributed by atoms with van der Waals surface area (Å²) in [7, 11) is 0. The van der Waals surface area contributed by atoms with Crippen LogP contribution in [-0.2, 0) is 20.9 Å². The number of carbonyl (C=O) groups excluding carboxylic acids is 2. The van der Waals surface area contributed by atoms with Gasteiger partial charge < -0.3 is 15.2 Å². The molecule has 1 aromatic heterocycles. The van der Waals surface area contributed by atoms with E-state index in [1.807, 2.05) is 78.2 Å². The molecule has 0 radical (unpaired) electrons. The van der Waals surface area contributed by atoms with Gasteiger partial charge in [0.2, 0.25) is 5.91 Å². The monoisotopic (exact) mass is 513 g/mol. The molecule has 1 heterocycles. The lowest BCUT2D eigenvalue weighted by molar-refractivity contribution is -0.147. The molecule has 7 heteroatoms. The number of fused-ring (bicyclic) bond motifs is 1. The van der Waals surface area contributed by atoms with E-state index in [0.29, 0.717) is 23.4 Å². The first-order valence-electron chi connectivity index (χ1n) is 12.4. The Kier molecular flexibility index (Phi) is 7.32. The molecule has 5 rings (SSSR count). The molecule has 0 bridgehead atoms. The first kappa shape index (κ1) is 24.7. The van der Waals surface area contributed by atoms with Gasteiger partial charge in [-0.05, 0) is 40.8 Å². The summed E-state index contributed by atoms with van der Waals surface area (Å²) < 4.78 is 5.67. The summed E-state index contributed by atoms with van der Waals surface area (Å²) in [4.78, 5) is 38.4. The first-order valence-corrected chi connectivity index (χ1v) is 13.2. The minimum atomic E-state index is -0.953. The Hall–Kier alpha value is -3.97. The van der Waals surface area contributed by atoms with Gasteiger partial charge >= 0.3 is 11.9 Å². The second-order valence-electron chi connectivity index (χ2n) is 9.30. The van der Waals surface area contributed by atoms with Gasteiger partial charge in [0.1, 0.15) is 17.2 Å². The van der Waals surface area contributed by atoms with E-state index in [1.54, 1.807) is 0 Å². The third kappa shape index (κ3) is 5.42. The maximum atomic E-state index is 13.4. The second kappa shape index (κ2) is 11.0. The van der Waals surface area contributed by atoms with E-state index in [1.165, 1.54) is 11.3 Å². The number of amides is 1. The average Bonchev–Trinajstić information content (AvgIpc) is 3.35. The van der Waals surface area contributed by atoms with E-state index in [2.05, 4.69) is 5.32 Å². The number of thiophene rings is 1. The lowest BCUT2D eigenvalue weighted by Gasteiger charge is -2.27. The van der Waals surface area contributed by atoms with Crippen LogP contribution in [0.25, 0.3) is 21.9 Å². The Morgan fingerprint density at radius 1 is 0.892 bits per heavy atom. The van der Waals surface area contributed by atoms with Crippen molar-refractivity contribution >= 4 is 45.0 Å². The van der Waals surface area contributed by atoms with Crippen molar-refractivity contribution in [2.24, 2.45) is 11.8 Å². The largest absolute Gasteiger partial charge is 0.481 e. The van der Waals surface area contributed by atoms with Gasteiger partial charge in [0.15, 0.2) is 0 Å². The molecule has 0 saturated heterocycles. The van der Waals surface area contributed by atoms with Crippen LogP contribution >= 0.6 is 11.3 Å². The summed E-state index contributed by atoms with van der Waals surface area (Å²) >= 11 is 1.25. The Balaban J connectivity index is 1.48. The van der Waals surface area contributed by atoms with Crippen molar-refractivity contribution in [1.82, 2.24) is 0 Å². The fourth-order valence-corrected chi connectivity index (χ4v) is 5.92. The Morgan fingerprint density at radius 3 is 2.35 bits per heavy atom. The van der Waals surface area contributed by atoms with Crippen LogP contribution in [0.5, 0.6) is 0 Å². The van der Waals surface area contributed by atoms with Crippen LogP contribution in [0.2, 0.25) is 0 Å². The van der Waals surface area contributed by atoms with Crippen molar-refractivity contribution in [3.63, 3.8) is 0 Å². The van der Waals surface area contributed by atoms with Crippen molar-refractivity contribution < 1.29 is 24.2 Å². The molecule has 37 heavy (non-hydrogen) atoms. The van der Waals surface area contributed by atoms with Gasteiger partial charge in [-0.1, -0.05) is 79.6 Å². The predicted octanol–water partition coefficient (Wildman–Crippen LogP) is 6.75. The summed E-state index contributed by atoms with van der Waals surface area (Å²) in [5, 5.41) is 16.9. The van der Waals surface area contributed by atoms with Crippen LogP contribution < -0.4 is 5.32 Å². The molecule has 1 aliphatic carbocycles. The fourth-order valence-electron chi connectivity index (χ4n) is 4.96. The Morgan fingerprint density at radius 2 is 1.59 bits per heavy atom. The smallest absolute Gasteiger partial charge is 0.342 e. The van der Waals surface area contributed by atoms with Gasteiger partial charge in [0, 0.05) is 10.9 Å². The molecule has 1 aliphatic rings.